The molecule has 0 saturated carbocycles. The van der Waals surface area contributed by atoms with Gasteiger partial charge in [0.1, 0.15) is 30.7 Å². The Morgan fingerprint density at radius 1 is 0.800 bits per heavy atom. The summed E-state index contributed by atoms with van der Waals surface area (Å²) >= 11 is 0. The van der Waals surface area contributed by atoms with E-state index in [4.69, 9.17) is 28.0 Å². The van der Waals surface area contributed by atoms with Gasteiger partial charge >= 0.3 is 11.9 Å². The first kappa shape index (κ1) is 42.9. The molecule has 5 unspecified atom stereocenters. The van der Waals surface area contributed by atoms with Gasteiger partial charge in [-0.3, -0.25) is 43.3 Å². The number of carboxylic acid groups (broad SMARTS) is 2. The number of nitrogens with two attached hydrogens (primary N) is 4. The van der Waals surface area contributed by atoms with Gasteiger partial charge in [0.2, 0.25) is 35.4 Å². The van der Waals surface area contributed by atoms with Crippen LogP contribution in [0.25, 0.3) is 0 Å². The summed E-state index contributed by atoms with van der Waals surface area (Å²) in [5.74, 6) is -8.31. The maximum atomic E-state index is 13.1. The van der Waals surface area contributed by atoms with Crippen LogP contribution in [0.3, 0.4) is 0 Å². The molecule has 1 aliphatic rings. The summed E-state index contributed by atoms with van der Waals surface area (Å²) in [5, 5.41) is 39.0. The fourth-order valence-corrected chi connectivity index (χ4v) is 4.86. The van der Waals surface area contributed by atoms with Crippen LogP contribution in [-0.2, 0) is 38.4 Å². The summed E-state index contributed by atoms with van der Waals surface area (Å²) in [4.78, 5) is 104. The van der Waals surface area contributed by atoms with Crippen molar-refractivity contribution in [3.8, 4) is 0 Å². The minimum absolute atomic E-state index is 0.0255. The van der Waals surface area contributed by atoms with Gasteiger partial charge in [0.15, 0.2) is 5.96 Å². The summed E-state index contributed by atoms with van der Waals surface area (Å²) in [7, 11) is 0. The molecule has 1 aliphatic heterocycles. The largest absolute Gasteiger partial charge is 0.481 e. The second kappa shape index (κ2) is 22.5. The van der Waals surface area contributed by atoms with Crippen LogP contribution in [0, 0.1) is 0 Å². The zero-order valence-electron chi connectivity index (χ0n) is 27.6. The van der Waals surface area contributed by atoms with E-state index < -0.39 is 104 Å². The molecule has 1 rings (SSSR count). The standard InChI is InChI=1S/C28H49N11O11/c29-8-2-1-5-15(30)27(50)39-10-4-7-19(39)26(49)38-18(14-40)25(48)37-17(11-21(42)43)24(47)34-12-20(41)36-16(6-3-9-33-28(31)32)23(46)35-13-22(44)45/h15-19,40H,1-14,29-30H2,(H,34,47)(H,35,46)(H,36,41)(H,37,48)(H,38,49)(H,42,43)(H,44,45)(H4,31,32,33). The highest BCUT2D eigenvalue weighted by atomic mass is 16.4. The molecule has 22 heteroatoms. The van der Waals surface area contributed by atoms with Crippen LogP contribution in [0.5, 0.6) is 0 Å². The van der Waals surface area contributed by atoms with Gasteiger partial charge in [-0.05, 0) is 45.1 Å². The van der Waals surface area contributed by atoms with Crippen molar-refractivity contribution in [1.82, 2.24) is 31.5 Å². The van der Waals surface area contributed by atoms with Gasteiger partial charge in [-0.15, -0.1) is 0 Å². The minimum atomic E-state index is -1.77. The molecule has 6 amide bonds. The number of carboxylic acids is 2. The summed E-state index contributed by atoms with van der Waals surface area (Å²) < 4.78 is 0. The predicted molar refractivity (Wildman–Crippen MR) is 174 cm³/mol. The summed E-state index contributed by atoms with van der Waals surface area (Å²) in [5.41, 5.74) is 22.0. The number of carbonyl (C=O) groups is 8. The number of likely N-dealkylation sites (tertiary alicyclic amines) is 1. The molecule has 0 aromatic heterocycles. The third-order valence-electron chi connectivity index (χ3n) is 7.39. The quantitative estimate of drug-likeness (QED) is 0.0266. The number of nitrogens with one attached hydrogen (secondary N) is 5. The van der Waals surface area contributed by atoms with Crippen LogP contribution >= 0.6 is 0 Å². The highest BCUT2D eigenvalue weighted by Gasteiger charge is 2.38. The Labute approximate surface area is 287 Å². The Bertz CT molecular complexity index is 1250. The third kappa shape index (κ3) is 15.9. The summed E-state index contributed by atoms with van der Waals surface area (Å²) in [6.45, 7) is -1.70. The van der Waals surface area contributed by atoms with Crippen molar-refractivity contribution in [3.05, 3.63) is 0 Å². The Morgan fingerprint density at radius 2 is 1.46 bits per heavy atom. The van der Waals surface area contributed by atoms with E-state index >= 15 is 0 Å². The SMILES string of the molecule is NCCCCC(N)C(=O)N1CCCC1C(=O)NC(CO)C(=O)NC(CC(=O)O)C(=O)NCC(=O)NC(CCCN=C(N)N)C(=O)NCC(=O)O. The molecule has 50 heavy (non-hydrogen) atoms. The molecule has 0 bridgehead atoms. The number of carbonyl (C=O) groups excluding carboxylic acids is 6. The number of rotatable bonds is 23. The molecule has 0 aromatic rings. The average molecular weight is 716 g/mol. The lowest BCUT2D eigenvalue weighted by Gasteiger charge is -2.28. The number of amides is 6. The van der Waals surface area contributed by atoms with Crippen LogP contribution in [-0.4, -0.2) is 143 Å². The van der Waals surface area contributed by atoms with E-state index in [2.05, 4.69) is 31.6 Å². The number of aliphatic carboxylic acids is 2. The van der Waals surface area contributed by atoms with Gasteiger partial charge in [-0.1, -0.05) is 6.42 Å². The Kier molecular flexibility index (Phi) is 19.3. The molecular formula is C28H49N11O11. The normalized spacial score (nSPS) is 16.1. The molecule has 22 nitrogen and oxygen atoms in total. The Morgan fingerprint density at radius 3 is 2.06 bits per heavy atom. The topological polar surface area (TPSA) is 377 Å². The molecule has 0 aliphatic carbocycles. The molecule has 1 saturated heterocycles. The van der Waals surface area contributed by atoms with E-state index in [1.165, 1.54) is 4.90 Å². The Hall–Kier alpha value is -5.09. The van der Waals surface area contributed by atoms with Crippen molar-refractivity contribution >= 4 is 53.3 Å². The lowest BCUT2D eigenvalue weighted by Crippen LogP contribution is -2.59. The number of hydrogen-bond donors (Lipinski definition) is 12. The van der Waals surface area contributed by atoms with Gasteiger partial charge in [-0.25, -0.2) is 0 Å². The van der Waals surface area contributed by atoms with Crippen LogP contribution < -0.4 is 49.5 Å². The zero-order chi connectivity index (χ0) is 37.8. The van der Waals surface area contributed by atoms with Crippen molar-refractivity contribution in [3.63, 3.8) is 0 Å². The number of guanidine groups is 1. The molecule has 282 valence electrons. The van der Waals surface area contributed by atoms with Crippen LogP contribution in [0.2, 0.25) is 0 Å². The highest BCUT2D eigenvalue weighted by Crippen LogP contribution is 2.19. The first-order chi connectivity index (χ1) is 23.6. The maximum Gasteiger partial charge on any atom is 0.322 e. The lowest BCUT2D eigenvalue weighted by molar-refractivity contribution is -0.142. The van der Waals surface area contributed by atoms with Gasteiger partial charge in [0, 0.05) is 13.1 Å². The van der Waals surface area contributed by atoms with Crippen LogP contribution in [0.15, 0.2) is 4.99 Å². The smallest absolute Gasteiger partial charge is 0.322 e. The maximum absolute atomic E-state index is 13.1. The van der Waals surface area contributed by atoms with E-state index in [1.807, 2.05) is 0 Å². The molecular weight excluding hydrogens is 666 g/mol. The van der Waals surface area contributed by atoms with Crippen molar-refractivity contribution in [2.24, 2.45) is 27.9 Å². The van der Waals surface area contributed by atoms with Crippen molar-refractivity contribution in [1.29, 1.82) is 0 Å². The highest BCUT2D eigenvalue weighted by molar-refractivity contribution is 5.97. The molecule has 0 aromatic carbocycles. The number of hydrogen-bond acceptors (Lipinski definition) is 12. The Balaban J connectivity index is 2.86. The monoisotopic (exact) mass is 715 g/mol. The van der Waals surface area contributed by atoms with Gasteiger partial charge in [-0.2, -0.15) is 0 Å². The minimum Gasteiger partial charge on any atom is -0.481 e. The zero-order valence-corrected chi connectivity index (χ0v) is 27.6. The molecule has 1 fully saturated rings. The third-order valence-corrected chi connectivity index (χ3v) is 7.39. The molecule has 0 spiro atoms. The first-order valence-corrected chi connectivity index (χ1v) is 15.9. The second-order valence-corrected chi connectivity index (χ2v) is 11.4. The summed E-state index contributed by atoms with van der Waals surface area (Å²) in [6, 6.07) is -6.52. The van der Waals surface area contributed by atoms with E-state index in [1.54, 1.807) is 0 Å². The number of unbranched alkanes of at least 4 members (excludes halogenated alkanes) is 1. The van der Waals surface area contributed by atoms with E-state index in [0.717, 1.165) is 0 Å². The second-order valence-electron chi connectivity index (χ2n) is 11.4. The molecule has 1 heterocycles. The van der Waals surface area contributed by atoms with Gasteiger partial charge in [0.05, 0.1) is 25.6 Å². The number of aliphatic hydroxyl groups is 1. The first-order valence-electron chi connectivity index (χ1n) is 15.9. The molecule has 0 radical (unpaired) electrons. The van der Waals surface area contributed by atoms with Crippen molar-refractivity contribution < 1.29 is 53.7 Å². The van der Waals surface area contributed by atoms with Crippen molar-refractivity contribution in [2.75, 3.05) is 39.3 Å². The van der Waals surface area contributed by atoms with Crippen LogP contribution in [0.4, 0.5) is 0 Å². The van der Waals surface area contributed by atoms with E-state index in [0.29, 0.717) is 32.2 Å². The number of nitrogens with zero attached hydrogens (tertiary/aromatic N) is 2. The number of aliphatic hydroxyl groups excluding tert-OH is 1. The van der Waals surface area contributed by atoms with Crippen LogP contribution in [0.1, 0.15) is 51.4 Å². The molecule has 16 N–H and O–H groups in total. The van der Waals surface area contributed by atoms with Gasteiger partial charge in [0.25, 0.3) is 0 Å². The summed E-state index contributed by atoms with van der Waals surface area (Å²) in [6.07, 6.45) is 1.61. The fraction of sp³-hybridized carbons (Fsp3) is 0.679. The predicted octanol–water partition coefficient (Wildman–Crippen LogP) is -6.27. The van der Waals surface area contributed by atoms with E-state index in [-0.39, 0.29) is 38.3 Å². The molecule has 5 atom stereocenters. The van der Waals surface area contributed by atoms with Gasteiger partial charge < -0.3 is 69.7 Å². The fourth-order valence-electron chi connectivity index (χ4n) is 4.86. The van der Waals surface area contributed by atoms with Crippen molar-refractivity contribution in [2.45, 2.75) is 81.6 Å². The number of aliphatic imine (C=N–C) groups is 1. The lowest BCUT2D eigenvalue weighted by atomic mass is 10.1. The average Bonchev–Trinajstić information content (AvgIpc) is 3.55. The van der Waals surface area contributed by atoms with E-state index in [9.17, 15) is 48.6 Å².